The Balaban J connectivity index is 1.48. The van der Waals surface area contributed by atoms with Gasteiger partial charge in [-0.2, -0.15) is 0 Å². The van der Waals surface area contributed by atoms with E-state index in [1.54, 1.807) is 0 Å². The predicted octanol–water partition coefficient (Wildman–Crippen LogP) is 2.24. The second-order valence-electron chi connectivity index (χ2n) is 7.38. The molecule has 3 rings (SSSR count). The first kappa shape index (κ1) is 18.4. The highest BCUT2D eigenvalue weighted by Crippen LogP contribution is 2.38. The van der Waals surface area contributed by atoms with Crippen molar-refractivity contribution in [3.05, 3.63) is 35.9 Å². The highest BCUT2D eigenvalue weighted by molar-refractivity contribution is 6.09. The van der Waals surface area contributed by atoms with E-state index in [1.807, 2.05) is 25.1 Å². The number of amides is 4. The predicted molar refractivity (Wildman–Crippen MR) is 98.4 cm³/mol. The SMILES string of the molecule is CC1CCCCC12NC(=O)N(CC(=O)NCCCc1ccccc1)C2=O. The lowest BCUT2D eigenvalue weighted by molar-refractivity contribution is -0.137. The summed E-state index contributed by atoms with van der Waals surface area (Å²) in [6.45, 7) is 2.33. The molecule has 2 N–H and O–H groups in total. The van der Waals surface area contributed by atoms with Crippen molar-refractivity contribution in [2.75, 3.05) is 13.1 Å². The Labute approximate surface area is 154 Å². The number of aryl methyl sites for hydroxylation is 1. The first-order valence-electron chi connectivity index (χ1n) is 9.47. The summed E-state index contributed by atoms with van der Waals surface area (Å²) in [5.41, 5.74) is 0.423. The van der Waals surface area contributed by atoms with E-state index in [0.717, 1.165) is 37.0 Å². The van der Waals surface area contributed by atoms with E-state index < -0.39 is 11.6 Å². The van der Waals surface area contributed by atoms with Crippen LogP contribution in [0.4, 0.5) is 4.79 Å². The molecule has 1 saturated heterocycles. The third-order valence-corrected chi connectivity index (χ3v) is 5.61. The van der Waals surface area contributed by atoms with Crippen LogP contribution < -0.4 is 10.6 Å². The fourth-order valence-corrected chi connectivity index (χ4v) is 4.00. The van der Waals surface area contributed by atoms with Gasteiger partial charge in [-0.1, -0.05) is 50.1 Å². The Morgan fingerprint density at radius 3 is 2.77 bits per heavy atom. The molecule has 0 bridgehead atoms. The van der Waals surface area contributed by atoms with Crippen molar-refractivity contribution in [1.29, 1.82) is 0 Å². The smallest absolute Gasteiger partial charge is 0.325 e. The van der Waals surface area contributed by atoms with E-state index in [1.165, 1.54) is 5.56 Å². The molecular weight excluding hydrogens is 330 g/mol. The minimum Gasteiger partial charge on any atom is -0.355 e. The Bertz CT molecular complexity index is 676. The number of carbonyl (C=O) groups is 3. The van der Waals surface area contributed by atoms with Crippen molar-refractivity contribution < 1.29 is 14.4 Å². The van der Waals surface area contributed by atoms with Crippen molar-refractivity contribution in [2.45, 2.75) is 51.0 Å². The standard InChI is InChI=1S/C20H27N3O3/c1-15-8-5-6-12-20(15)18(25)23(19(26)22-20)14-17(24)21-13-7-11-16-9-3-2-4-10-16/h2-4,9-10,15H,5-8,11-14H2,1H3,(H,21,24)(H,22,26). The number of carbonyl (C=O) groups excluding carboxylic acids is 3. The minimum atomic E-state index is -0.803. The van der Waals surface area contributed by atoms with Gasteiger partial charge in [-0.15, -0.1) is 0 Å². The molecule has 6 heteroatoms. The fourth-order valence-electron chi connectivity index (χ4n) is 4.00. The van der Waals surface area contributed by atoms with E-state index in [4.69, 9.17) is 0 Å². The van der Waals surface area contributed by atoms with Crippen molar-refractivity contribution in [2.24, 2.45) is 5.92 Å². The lowest BCUT2D eigenvalue weighted by atomic mass is 9.73. The van der Waals surface area contributed by atoms with Crippen molar-refractivity contribution in [1.82, 2.24) is 15.5 Å². The van der Waals surface area contributed by atoms with Crippen LogP contribution in [0.15, 0.2) is 30.3 Å². The van der Waals surface area contributed by atoms with Crippen LogP contribution >= 0.6 is 0 Å². The molecule has 1 saturated carbocycles. The van der Waals surface area contributed by atoms with Crippen molar-refractivity contribution in [3.8, 4) is 0 Å². The third-order valence-electron chi connectivity index (χ3n) is 5.61. The van der Waals surface area contributed by atoms with E-state index in [-0.39, 0.29) is 24.3 Å². The zero-order valence-electron chi connectivity index (χ0n) is 15.3. The average Bonchev–Trinajstić information content (AvgIpc) is 2.87. The van der Waals surface area contributed by atoms with Gasteiger partial charge in [0.25, 0.3) is 5.91 Å². The van der Waals surface area contributed by atoms with Gasteiger partial charge in [-0.3, -0.25) is 14.5 Å². The molecule has 1 spiro atoms. The molecular formula is C20H27N3O3. The lowest BCUT2D eigenvalue weighted by Gasteiger charge is -2.36. The Morgan fingerprint density at radius 1 is 1.27 bits per heavy atom. The Kier molecular flexibility index (Phi) is 5.59. The first-order valence-corrected chi connectivity index (χ1v) is 9.47. The zero-order valence-corrected chi connectivity index (χ0v) is 15.3. The van der Waals surface area contributed by atoms with Crippen LogP contribution in [0.5, 0.6) is 0 Å². The van der Waals surface area contributed by atoms with E-state index in [0.29, 0.717) is 13.0 Å². The number of rotatable bonds is 6. The zero-order chi connectivity index (χ0) is 18.6. The number of nitrogens with zero attached hydrogens (tertiary/aromatic N) is 1. The lowest BCUT2D eigenvalue weighted by Crippen LogP contribution is -2.54. The first-order chi connectivity index (χ1) is 12.5. The molecule has 0 radical (unpaired) electrons. The maximum atomic E-state index is 12.8. The molecule has 2 aliphatic rings. The van der Waals surface area contributed by atoms with Gasteiger partial charge >= 0.3 is 6.03 Å². The van der Waals surface area contributed by atoms with Crippen molar-refractivity contribution in [3.63, 3.8) is 0 Å². The molecule has 140 valence electrons. The Hall–Kier alpha value is -2.37. The summed E-state index contributed by atoms with van der Waals surface area (Å²) in [6.07, 6.45) is 5.28. The number of nitrogens with one attached hydrogen (secondary N) is 2. The summed E-state index contributed by atoms with van der Waals surface area (Å²) in [7, 11) is 0. The summed E-state index contributed by atoms with van der Waals surface area (Å²) < 4.78 is 0. The number of hydrogen-bond acceptors (Lipinski definition) is 3. The van der Waals surface area contributed by atoms with Crippen LogP contribution in [0.2, 0.25) is 0 Å². The van der Waals surface area contributed by atoms with Gasteiger partial charge in [0.15, 0.2) is 0 Å². The van der Waals surface area contributed by atoms with E-state index in [9.17, 15) is 14.4 Å². The van der Waals surface area contributed by atoms with Gasteiger partial charge < -0.3 is 10.6 Å². The molecule has 1 aliphatic heterocycles. The topological polar surface area (TPSA) is 78.5 Å². The van der Waals surface area contributed by atoms with Crippen LogP contribution in [-0.2, 0) is 16.0 Å². The monoisotopic (exact) mass is 357 g/mol. The molecule has 4 amide bonds. The second kappa shape index (κ2) is 7.89. The van der Waals surface area contributed by atoms with Gasteiger partial charge in [0.2, 0.25) is 5.91 Å². The quantitative estimate of drug-likeness (QED) is 0.605. The van der Waals surface area contributed by atoms with E-state index >= 15 is 0 Å². The maximum Gasteiger partial charge on any atom is 0.325 e. The van der Waals surface area contributed by atoms with Crippen LogP contribution in [0.25, 0.3) is 0 Å². The summed E-state index contributed by atoms with van der Waals surface area (Å²) in [6, 6.07) is 9.63. The van der Waals surface area contributed by atoms with Crippen LogP contribution in [-0.4, -0.2) is 41.4 Å². The molecule has 26 heavy (non-hydrogen) atoms. The molecule has 2 fully saturated rings. The van der Waals surface area contributed by atoms with Gasteiger partial charge in [0.1, 0.15) is 12.1 Å². The largest absolute Gasteiger partial charge is 0.355 e. The highest BCUT2D eigenvalue weighted by atomic mass is 16.2. The van der Waals surface area contributed by atoms with Crippen molar-refractivity contribution >= 4 is 17.8 Å². The van der Waals surface area contributed by atoms with Gasteiger partial charge in [-0.05, 0) is 37.2 Å². The summed E-state index contributed by atoms with van der Waals surface area (Å²) in [5, 5.41) is 5.68. The molecule has 2 unspecified atom stereocenters. The fraction of sp³-hybridized carbons (Fsp3) is 0.550. The molecule has 1 aliphatic carbocycles. The third kappa shape index (κ3) is 3.74. The molecule has 2 atom stereocenters. The number of urea groups is 1. The number of benzene rings is 1. The number of imide groups is 1. The molecule has 1 aromatic rings. The molecule has 1 aromatic carbocycles. The Morgan fingerprint density at radius 2 is 2.04 bits per heavy atom. The molecule has 0 aromatic heterocycles. The van der Waals surface area contributed by atoms with Crippen LogP contribution in [0, 0.1) is 5.92 Å². The van der Waals surface area contributed by atoms with Crippen LogP contribution in [0.3, 0.4) is 0 Å². The number of hydrogen-bond donors (Lipinski definition) is 2. The molecule has 6 nitrogen and oxygen atoms in total. The minimum absolute atomic E-state index is 0.103. The highest BCUT2D eigenvalue weighted by Gasteiger charge is 2.55. The van der Waals surface area contributed by atoms with Gasteiger partial charge in [-0.25, -0.2) is 4.79 Å². The average molecular weight is 357 g/mol. The normalized spacial score (nSPS) is 25.4. The summed E-state index contributed by atoms with van der Waals surface area (Å²) in [4.78, 5) is 38.3. The van der Waals surface area contributed by atoms with Gasteiger partial charge in [0, 0.05) is 6.54 Å². The van der Waals surface area contributed by atoms with E-state index in [2.05, 4.69) is 22.8 Å². The van der Waals surface area contributed by atoms with Gasteiger partial charge in [0.05, 0.1) is 0 Å². The maximum absolute atomic E-state index is 12.8. The summed E-state index contributed by atoms with van der Waals surface area (Å²) in [5.74, 6) is -0.428. The van der Waals surface area contributed by atoms with Crippen LogP contribution in [0.1, 0.15) is 44.6 Å². The second-order valence-corrected chi connectivity index (χ2v) is 7.38. The summed E-state index contributed by atoms with van der Waals surface area (Å²) >= 11 is 0. The molecule has 1 heterocycles.